The highest BCUT2D eigenvalue weighted by molar-refractivity contribution is 5.58. The number of allylic oxidation sites excluding steroid dienone is 1. The second-order valence-electron chi connectivity index (χ2n) is 2.87. The van der Waals surface area contributed by atoms with Gasteiger partial charge < -0.3 is 0 Å². The van der Waals surface area contributed by atoms with Gasteiger partial charge in [0.1, 0.15) is 0 Å². The summed E-state index contributed by atoms with van der Waals surface area (Å²) in [5, 5.41) is 0. The van der Waals surface area contributed by atoms with E-state index in [0.29, 0.717) is 5.56 Å². The fourth-order valence-electron chi connectivity index (χ4n) is 1.03. The van der Waals surface area contributed by atoms with Crippen LogP contribution in [0.4, 0.5) is 13.2 Å². The zero-order valence-electron chi connectivity index (χ0n) is 7.71. The summed E-state index contributed by atoms with van der Waals surface area (Å²) in [6, 6.07) is 4.71. The Kier molecular flexibility index (Phi) is 3.66. The molecule has 0 spiro atoms. The molecule has 1 nitrogen and oxygen atoms in total. The molecule has 0 N–H and O–H groups in total. The van der Waals surface area contributed by atoms with Gasteiger partial charge in [-0.1, -0.05) is 24.3 Å². The lowest BCUT2D eigenvalue weighted by Crippen LogP contribution is -2.03. The molecule has 0 aromatic heterocycles. The number of hydrogen-bond acceptors (Lipinski definition) is 1. The van der Waals surface area contributed by atoms with E-state index >= 15 is 0 Å². The molecule has 0 saturated heterocycles. The Morgan fingerprint density at radius 3 is 2.27 bits per heavy atom. The van der Waals surface area contributed by atoms with E-state index in [9.17, 15) is 18.0 Å². The lowest BCUT2D eigenvalue weighted by molar-refractivity contribution is -0.137. The molecule has 4 heteroatoms. The zero-order valence-corrected chi connectivity index (χ0v) is 7.71. The Morgan fingerprint density at radius 2 is 1.80 bits per heavy atom. The van der Waals surface area contributed by atoms with Crippen molar-refractivity contribution in [2.45, 2.75) is 12.6 Å². The number of hydrogen-bond donors (Lipinski definition) is 0. The van der Waals surface area contributed by atoms with E-state index in [1.807, 2.05) is 0 Å². The van der Waals surface area contributed by atoms with Crippen LogP contribution >= 0.6 is 0 Å². The molecule has 0 atom stereocenters. The monoisotopic (exact) mass is 213 g/mol. The normalized spacial score (nSPS) is 11.9. The highest BCUT2D eigenvalue weighted by Crippen LogP contribution is 2.29. The van der Waals surface area contributed by atoms with Crippen molar-refractivity contribution in [2.75, 3.05) is 0 Å². The molecule has 15 heavy (non-hydrogen) atoms. The van der Waals surface area contributed by atoms with Gasteiger partial charge in [-0.15, -0.1) is 0 Å². The van der Waals surface area contributed by atoms with E-state index < -0.39 is 11.7 Å². The fourth-order valence-corrected chi connectivity index (χ4v) is 1.03. The van der Waals surface area contributed by atoms with Crippen molar-refractivity contribution in [1.29, 1.82) is 0 Å². The van der Waals surface area contributed by atoms with Gasteiger partial charge in [-0.2, -0.15) is 13.2 Å². The molecular formula is C11H8F3O. The predicted molar refractivity (Wildman–Crippen MR) is 50.8 cm³/mol. The average Bonchev–Trinajstić information content (AvgIpc) is 2.18. The first-order valence-corrected chi connectivity index (χ1v) is 4.23. The van der Waals surface area contributed by atoms with Crippen molar-refractivity contribution in [3.63, 3.8) is 0 Å². The van der Waals surface area contributed by atoms with E-state index in [-0.39, 0.29) is 6.42 Å². The Hall–Kier alpha value is -1.58. The second kappa shape index (κ2) is 4.77. The van der Waals surface area contributed by atoms with Gasteiger partial charge in [0.2, 0.25) is 6.29 Å². The maximum absolute atomic E-state index is 12.2. The van der Waals surface area contributed by atoms with Gasteiger partial charge in [-0.3, -0.25) is 4.79 Å². The molecule has 0 aliphatic carbocycles. The summed E-state index contributed by atoms with van der Waals surface area (Å²) < 4.78 is 36.5. The van der Waals surface area contributed by atoms with Gasteiger partial charge in [-0.25, -0.2) is 0 Å². The minimum absolute atomic E-state index is 0.140. The van der Waals surface area contributed by atoms with Crippen LogP contribution in [0.25, 0.3) is 6.08 Å². The van der Waals surface area contributed by atoms with Crippen molar-refractivity contribution in [3.8, 4) is 0 Å². The first kappa shape index (κ1) is 11.5. The number of alkyl halides is 3. The van der Waals surface area contributed by atoms with E-state index in [4.69, 9.17) is 0 Å². The lowest BCUT2D eigenvalue weighted by Gasteiger charge is -2.05. The number of halogens is 3. The standard InChI is InChI=1S/C11H8F3O/c12-11(13,14)10-6-4-9(5-7-10)3-1-2-8-15/h1,3-7H,2H2/b3-1+. The van der Waals surface area contributed by atoms with Crippen LogP contribution in [-0.2, 0) is 11.0 Å². The minimum atomic E-state index is -4.31. The number of carbonyl (C=O) groups excluding carboxylic acids is 1. The van der Waals surface area contributed by atoms with Crippen LogP contribution in [0.15, 0.2) is 30.3 Å². The van der Waals surface area contributed by atoms with E-state index in [0.717, 1.165) is 12.1 Å². The van der Waals surface area contributed by atoms with Crippen molar-refractivity contribution in [2.24, 2.45) is 0 Å². The highest BCUT2D eigenvalue weighted by atomic mass is 19.4. The zero-order chi connectivity index (χ0) is 11.3. The first-order chi connectivity index (χ1) is 7.04. The summed E-state index contributed by atoms with van der Waals surface area (Å²) in [5.41, 5.74) is -0.0557. The fraction of sp³-hybridized carbons (Fsp3) is 0.182. The Morgan fingerprint density at radius 1 is 1.20 bits per heavy atom. The minimum Gasteiger partial charge on any atom is -0.291 e. The largest absolute Gasteiger partial charge is 0.416 e. The van der Waals surface area contributed by atoms with Crippen LogP contribution in [0.3, 0.4) is 0 Å². The van der Waals surface area contributed by atoms with Gasteiger partial charge in [0, 0.05) is 6.42 Å². The molecule has 0 bridgehead atoms. The second-order valence-corrected chi connectivity index (χ2v) is 2.87. The van der Waals surface area contributed by atoms with Gasteiger partial charge >= 0.3 is 6.18 Å². The van der Waals surface area contributed by atoms with Crippen molar-refractivity contribution in [3.05, 3.63) is 41.5 Å². The molecule has 0 saturated carbocycles. The van der Waals surface area contributed by atoms with Crippen LogP contribution in [-0.4, -0.2) is 6.29 Å². The Balaban J connectivity index is 2.77. The predicted octanol–water partition coefficient (Wildman–Crippen LogP) is 3.22. The van der Waals surface area contributed by atoms with Crippen LogP contribution < -0.4 is 0 Å². The van der Waals surface area contributed by atoms with E-state index in [2.05, 4.69) is 0 Å². The maximum atomic E-state index is 12.2. The maximum Gasteiger partial charge on any atom is 0.416 e. The van der Waals surface area contributed by atoms with E-state index in [1.54, 1.807) is 12.4 Å². The Labute approximate surface area is 85.2 Å². The molecule has 0 amide bonds. The van der Waals surface area contributed by atoms with Crippen LogP contribution in [0.2, 0.25) is 0 Å². The molecule has 0 aliphatic rings. The number of benzene rings is 1. The quantitative estimate of drug-likeness (QED) is 0.753. The van der Waals surface area contributed by atoms with Crippen molar-refractivity contribution < 1.29 is 18.0 Å². The molecule has 1 aromatic rings. The third kappa shape index (κ3) is 3.58. The SMILES string of the molecule is O=[C]C/C=C/c1ccc(C(F)(F)F)cc1. The summed E-state index contributed by atoms with van der Waals surface area (Å²) in [6.45, 7) is 0. The average molecular weight is 213 g/mol. The molecule has 1 aromatic carbocycles. The molecule has 0 aliphatic heterocycles. The lowest BCUT2D eigenvalue weighted by atomic mass is 10.1. The first-order valence-electron chi connectivity index (χ1n) is 4.23. The molecule has 1 rings (SSSR count). The summed E-state index contributed by atoms with van der Waals surface area (Å²) in [5.74, 6) is 0. The molecule has 0 unspecified atom stereocenters. The molecular weight excluding hydrogens is 205 g/mol. The summed E-state index contributed by atoms with van der Waals surface area (Å²) >= 11 is 0. The highest BCUT2D eigenvalue weighted by Gasteiger charge is 2.29. The molecule has 79 valence electrons. The van der Waals surface area contributed by atoms with E-state index in [1.165, 1.54) is 18.2 Å². The topological polar surface area (TPSA) is 17.1 Å². The Bertz CT molecular complexity index is 349. The summed E-state index contributed by atoms with van der Waals surface area (Å²) in [7, 11) is 0. The third-order valence-corrected chi connectivity index (χ3v) is 1.75. The van der Waals surface area contributed by atoms with Crippen molar-refractivity contribution >= 4 is 12.4 Å². The summed E-state index contributed by atoms with van der Waals surface area (Å²) in [6.07, 6.45) is 0.602. The third-order valence-electron chi connectivity index (χ3n) is 1.75. The van der Waals surface area contributed by atoms with Gasteiger partial charge in [0.25, 0.3) is 0 Å². The molecule has 1 radical (unpaired) electrons. The summed E-state index contributed by atoms with van der Waals surface area (Å²) in [4.78, 5) is 9.86. The van der Waals surface area contributed by atoms with Crippen LogP contribution in [0.1, 0.15) is 17.5 Å². The smallest absolute Gasteiger partial charge is 0.291 e. The van der Waals surface area contributed by atoms with Gasteiger partial charge in [0.05, 0.1) is 5.56 Å². The molecule has 0 fully saturated rings. The van der Waals surface area contributed by atoms with Gasteiger partial charge in [0.15, 0.2) is 0 Å². The van der Waals surface area contributed by atoms with Gasteiger partial charge in [-0.05, 0) is 17.7 Å². The van der Waals surface area contributed by atoms with Crippen molar-refractivity contribution in [1.82, 2.24) is 0 Å². The number of rotatable bonds is 3. The van der Waals surface area contributed by atoms with Crippen LogP contribution in [0.5, 0.6) is 0 Å². The molecule has 0 heterocycles. The van der Waals surface area contributed by atoms with Crippen LogP contribution in [0, 0.1) is 0 Å².